The number of carbonyl (C=O) groups is 1. The fraction of sp³-hybridized carbons (Fsp3) is 0.417. The molecule has 0 spiro atoms. The first-order chi connectivity index (χ1) is 8.54. The number of rotatable bonds is 6. The van der Waals surface area contributed by atoms with E-state index in [4.69, 9.17) is 10.8 Å². The average Bonchev–Trinajstić information content (AvgIpc) is 2.31. The average molecular weight is 258 g/mol. The van der Waals surface area contributed by atoms with Gasteiger partial charge in [-0.15, -0.1) is 0 Å². The van der Waals surface area contributed by atoms with Gasteiger partial charge in [-0.25, -0.2) is 8.78 Å². The van der Waals surface area contributed by atoms with Gasteiger partial charge < -0.3 is 15.7 Å². The van der Waals surface area contributed by atoms with Crippen molar-refractivity contribution in [3.8, 4) is 0 Å². The molecule has 1 aromatic rings. The molecule has 0 heterocycles. The van der Waals surface area contributed by atoms with Crippen LogP contribution in [-0.2, 0) is 11.2 Å². The topological polar surface area (TPSA) is 66.6 Å². The zero-order chi connectivity index (χ0) is 13.5. The molecule has 100 valence electrons. The van der Waals surface area contributed by atoms with Gasteiger partial charge >= 0.3 is 0 Å². The predicted molar refractivity (Wildman–Crippen MR) is 64.2 cm³/mol. The molecule has 1 amide bonds. The van der Waals surface area contributed by atoms with Crippen LogP contribution in [0.25, 0.3) is 0 Å². The van der Waals surface area contributed by atoms with Gasteiger partial charge in [0.25, 0.3) is 6.43 Å². The quantitative estimate of drug-likeness (QED) is 0.745. The zero-order valence-electron chi connectivity index (χ0n) is 9.85. The molecule has 3 N–H and O–H groups in total. The molecule has 0 saturated carbocycles. The van der Waals surface area contributed by atoms with E-state index in [0.29, 0.717) is 11.3 Å². The number of hydrogen-bond acceptors (Lipinski definition) is 3. The third kappa shape index (κ3) is 4.29. The minimum atomic E-state index is -2.62. The number of carbonyl (C=O) groups excluding carboxylic acids is 1. The number of alkyl halides is 2. The number of aliphatic hydroxyl groups excluding tert-OH is 1. The van der Waals surface area contributed by atoms with Gasteiger partial charge in [-0.3, -0.25) is 4.79 Å². The number of benzene rings is 1. The van der Waals surface area contributed by atoms with Crippen molar-refractivity contribution in [1.29, 1.82) is 0 Å². The van der Waals surface area contributed by atoms with Crippen molar-refractivity contribution in [2.24, 2.45) is 0 Å². The van der Waals surface area contributed by atoms with Crippen LogP contribution >= 0.6 is 0 Å². The van der Waals surface area contributed by atoms with Crippen molar-refractivity contribution in [3.63, 3.8) is 0 Å². The second-order valence-corrected chi connectivity index (χ2v) is 3.83. The molecule has 0 bridgehead atoms. The zero-order valence-corrected chi connectivity index (χ0v) is 9.85. The van der Waals surface area contributed by atoms with E-state index in [1.165, 1.54) is 0 Å². The summed E-state index contributed by atoms with van der Waals surface area (Å²) in [7, 11) is 0. The summed E-state index contributed by atoms with van der Waals surface area (Å²) in [5.74, 6) is -0.470. The van der Waals surface area contributed by atoms with Crippen molar-refractivity contribution >= 4 is 11.6 Å². The minimum absolute atomic E-state index is 0.0423. The fourth-order valence-electron chi connectivity index (χ4n) is 1.58. The maximum Gasteiger partial charge on any atom is 0.255 e. The first-order valence-corrected chi connectivity index (χ1v) is 5.54. The van der Waals surface area contributed by atoms with Crippen LogP contribution in [0.15, 0.2) is 24.3 Å². The summed E-state index contributed by atoms with van der Waals surface area (Å²) in [6, 6.07) is 6.77. The number of anilines is 1. The number of nitrogens with two attached hydrogens (primary N) is 1. The normalized spacial score (nSPS) is 10.7. The number of nitrogen functional groups attached to an aromatic ring is 1. The lowest BCUT2D eigenvalue weighted by Crippen LogP contribution is -2.38. The van der Waals surface area contributed by atoms with E-state index in [-0.39, 0.29) is 19.6 Å². The predicted octanol–water partition coefficient (Wildman–Crippen LogP) is 0.897. The van der Waals surface area contributed by atoms with Gasteiger partial charge in [0, 0.05) is 12.2 Å². The SMILES string of the molecule is Nc1ccccc1CC(=O)N(CCO)CC(F)F. The Balaban J connectivity index is 2.69. The van der Waals surface area contributed by atoms with Crippen LogP contribution in [0.1, 0.15) is 5.56 Å². The minimum Gasteiger partial charge on any atom is -0.398 e. The molecule has 0 aliphatic heterocycles. The second kappa shape index (κ2) is 6.90. The number of halogens is 2. The number of para-hydroxylation sites is 1. The van der Waals surface area contributed by atoms with Crippen molar-refractivity contribution in [1.82, 2.24) is 4.90 Å². The summed E-state index contributed by atoms with van der Waals surface area (Å²) in [5, 5.41) is 8.76. The monoisotopic (exact) mass is 258 g/mol. The Morgan fingerprint density at radius 3 is 2.61 bits per heavy atom. The molecule has 0 aliphatic rings. The molecule has 18 heavy (non-hydrogen) atoms. The maximum atomic E-state index is 12.3. The molecule has 0 aliphatic carbocycles. The molecule has 0 aromatic heterocycles. The molecule has 4 nitrogen and oxygen atoms in total. The maximum absolute atomic E-state index is 12.3. The second-order valence-electron chi connectivity index (χ2n) is 3.83. The van der Waals surface area contributed by atoms with E-state index in [0.717, 1.165) is 4.90 Å². The van der Waals surface area contributed by atoms with Crippen LogP contribution in [0.4, 0.5) is 14.5 Å². The lowest BCUT2D eigenvalue weighted by Gasteiger charge is -2.21. The third-order valence-corrected chi connectivity index (χ3v) is 2.48. The number of amides is 1. The smallest absolute Gasteiger partial charge is 0.255 e. The van der Waals surface area contributed by atoms with Gasteiger partial charge in [-0.2, -0.15) is 0 Å². The van der Waals surface area contributed by atoms with Gasteiger partial charge in [-0.1, -0.05) is 18.2 Å². The summed E-state index contributed by atoms with van der Waals surface area (Å²) in [6.07, 6.45) is -2.66. The van der Waals surface area contributed by atoms with Crippen LogP contribution in [-0.4, -0.2) is 42.0 Å². The molecule has 0 fully saturated rings. The van der Waals surface area contributed by atoms with Crippen LogP contribution in [0.2, 0.25) is 0 Å². The van der Waals surface area contributed by atoms with E-state index in [1.807, 2.05) is 0 Å². The lowest BCUT2D eigenvalue weighted by molar-refractivity contribution is -0.132. The number of aliphatic hydroxyl groups is 1. The standard InChI is InChI=1S/C12H16F2N2O2/c13-11(14)8-16(5-6-17)12(18)7-9-3-1-2-4-10(9)15/h1-4,11,17H,5-8,15H2. The Bertz CT molecular complexity index is 399. The molecular formula is C12H16F2N2O2. The van der Waals surface area contributed by atoms with Crippen LogP contribution < -0.4 is 5.73 Å². The summed E-state index contributed by atoms with van der Waals surface area (Å²) in [6.45, 7) is -1.12. The Morgan fingerprint density at radius 1 is 1.39 bits per heavy atom. The van der Waals surface area contributed by atoms with E-state index >= 15 is 0 Å². The van der Waals surface area contributed by atoms with Gasteiger partial charge in [0.1, 0.15) is 0 Å². The molecule has 0 atom stereocenters. The van der Waals surface area contributed by atoms with Crippen molar-refractivity contribution in [2.45, 2.75) is 12.8 Å². The Labute approximate surface area is 104 Å². The number of nitrogens with zero attached hydrogens (tertiary/aromatic N) is 1. The van der Waals surface area contributed by atoms with E-state index < -0.39 is 18.9 Å². The van der Waals surface area contributed by atoms with E-state index in [9.17, 15) is 13.6 Å². The molecule has 0 saturated heterocycles. The highest BCUT2D eigenvalue weighted by Crippen LogP contribution is 2.12. The first-order valence-electron chi connectivity index (χ1n) is 5.54. The Kier molecular flexibility index (Phi) is 5.51. The Hall–Kier alpha value is -1.69. The summed E-state index contributed by atoms with van der Waals surface area (Å²) < 4.78 is 24.6. The van der Waals surface area contributed by atoms with E-state index in [2.05, 4.69) is 0 Å². The van der Waals surface area contributed by atoms with Gasteiger partial charge in [0.2, 0.25) is 5.91 Å². The number of hydrogen-bond donors (Lipinski definition) is 2. The highest BCUT2D eigenvalue weighted by atomic mass is 19.3. The Morgan fingerprint density at radius 2 is 2.06 bits per heavy atom. The lowest BCUT2D eigenvalue weighted by atomic mass is 10.1. The highest BCUT2D eigenvalue weighted by Gasteiger charge is 2.18. The van der Waals surface area contributed by atoms with Crippen LogP contribution in [0.3, 0.4) is 0 Å². The summed E-state index contributed by atoms with van der Waals surface area (Å²) >= 11 is 0. The third-order valence-electron chi connectivity index (χ3n) is 2.48. The molecule has 6 heteroatoms. The van der Waals surface area contributed by atoms with Gasteiger partial charge in [-0.05, 0) is 11.6 Å². The van der Waals surface area contributed by atoms with Gasteiger partial charge in [0.05, 0.1) is 19.6 Å². The molecular weight excluding hydrogens is 242 g/mol. The van der Waals surface area contributed by atoms with Crippen molar-refractivity contribution < 1.29 is 18.7 Å². The van der Waals surface area contributed by atoms with Crippen molar-refractivity contribution in [3.05, 3.63) is 29.8 Å². The molecule has 0 unspecified atom stereocenters. The molecule has 1 rings (SSSR count). The largest absolute Gasteiger partial charge is 0.398 e. The highest BCUT2D eigenvalue weighted by molar-refractivity contribution is 5.80. The molecule has 1 aromatic carbocycles. The fourth-order valence-corrected chi connectivity index (χ4v) is 1.58. The van der Waals surface area contributed by atoms with Crippen molar-refractivity contribution in [2.75, 3.05) is 25.4 Å². The first kappa shape index (κ1) is 14.4. The molecule has 0 radical (unpaired) electrons. The van der Waals surface area contributed by atoms with E-state index in [1.54, 1.807) is 24.3 Å². The van der Waals surface area contributed by atoms with Gasteiger partial charge in [0.15, 0.2) is 0 Å². The summed E-state index contributed by atoms with van der Waals surface area (Å²) in [5.41, 5.74) is 6.72. The van der Waals surface area contributed by atoms with Crippen LogP contribution in [0, 0.1) is 0 Å². The summed E-state index contributed by atoms with van der Waals surface area (Å²) in [4.78, 5) is 12.8. The van der Waals surface area contributed by atoms with Crippen LogP contribution in [0.5, 0.6) is 0 Å².